The number of amides is 1. The van der Waals surface area contributed by atoms with Crippen molar-refractivity contribution in [1.82, 2.24) is 10.3 Å². The Balaban J connectivity index is 1.76. The number of aliphatic hydroxyl groups excluding tert-OH is 1. The van der Waals surface area contributed by atoms with Gasteiger partial charge in [0.25, 0.3) is 5.91 Å². The largest absolute Gasteiger partial charge is 0.509 e. The number of fused-ring (bicyclic) bond motifs is 1. The second-order valence-corrected chi connectivity index (χ2v) is 8.76. The first-order chi connectivity index (χ1) is 15.4. The molecule has 4 heteroatoms. The maximum atomic E-state index is 13.4. The maximum Gasteiger partial charge on any atom is 0.252 e. The van der Waals surface area contributed by atoms with Gasteiger partial charge in [-0.2, -0.15) is 0 Å². The molecule has 0 fully saturated rings. The molecular formula is C28H26N2O2. The van der Waals surface area contributed by atoms with Gasteiger partial charge in [-0.15, -0.1) is 0 Å². The van der Waals surface area contributed by atoms with Gasteiger partial charge < -0.3 is 15.4 Å². The average Bonchev–Trinajstić information content (AvgIpc) is 3.24. The number of aromatic nitrogens is 1. The van der Waals surface area contributed by atoms with Gasteiger partial charge in [-0.05, 0) is 49.6 Å². The normalized spacial score (nSPS) is 19.4. The lowest BCUT2D eigenvalue weighted by molar-refractivity contribution is -0.118. The van der Waals surface area contributed by atoms with Crippen LogP contribution in [0.25, 0.3) is 10.9 Å². The van der Waals surface area contributed by atoms with Crippen molar-refractivity contribution in [2.24, 2.45) is 0 Å². The van der Waals surface area contributed by atoms with E-state index in [9.17, 15) is 9.90 Å². The molecule has 4 aromatic rings. The van der Waals surface area contributed by atoms with Crippen molar-refractivity contribution in [3.8, 4) is 0 Å². The summed E-state index contributed by atoms with van der Waals surface area (Å²) in [5.41, 5.74) is 5.41. The number of aliphatic hydroxyl groups is 1. The standard InChI is InChI=1S/C28H26N2O2/c1-17-14-15-22-21(16-17)18(2)25(29-22)23(19-10-6-4-7-11-19)24-26(31)28(3,30-27(24)32)20-12-8-5-9-13-20/h4-16,23,29,31H,1-3H3,(H,30,32). The smallest absolute Gasteiger partial charge is 0.252 e. The van der Waals surface area contributed by atoms with Crippen LogP contribution in [0.2, 0.25) is 0 Å². The highest BCUT2D eigenvalue weighted by Crippen LogP contribution is 2.44. The van der Waals surface area contributed by atoms with Crippen LogP contribution >= 0.6 is 0 Å². The number of aryl methyl sites for hydroxylation is 2. The van der Waals surface area contributed by atoms with Gasteiger partial charge in [0.05, 0.1) is 11.5 Å². The minimum atomic E-state index is -0.975. The Kier molecular flexibility index (Phi) is 4.66. The van der Waals surface area contributed by atoms with E-state index in [0.29, 0.717) is 5.57 Å². The molecule has 2 atom stereocenters. The molecule has 0 radical (unpaired) electrons. The van der Waals surface area contributed by atoms with Gasteiger partial charge in [0.1, 0.15) is 11.3 Å². The number of aromatic amines is 1. The van der Waals surface area contributed by atoms with Gasteiger partial charge in [0.15, 0.2) is 0 Å². The highest BCUT2D eigenvalue weighted by molar-refractivity contribution is 6.01. The Morgan fingerprint density at radius 1 is 0.906 bits per heavy atom. The number of H-pyrrole nitrogens is 1. The van der Waals surface area contributed by atoms with Crippen molar-refractivity contribution >= 4 is 16.8 Å². The first kappa shape index (κ1) is 20.1. The van der Waals surface area contributed by atoms with E-state index in [0.717, 1.165) is 33.3 Å². The SMILES string of the molecule is Cc1ccc2[nH]c(C(C3=C(O)C(C)(c4ccccc4)NC3=O)c3ccccc3)c(C)c2c1. The van der Waals surface area contributed by atoms with Crippen LogP contribution in [0.4, 0.5) is 0 Å². The topological polar surface area (TPSA) is 65.1 Å². The third-order valence-electron chi connectivity index (χ3n) is 6.65. The zero-order chi connectivity index (χ0) is 22.5. The highest BCUT2D eigenvalue weighted by Gasteiger charge is 2.46. The summed E-state index contributed by atoms with van der Waals surface area (Å²) in [6, 6.07) is 25.8. The molecule has 1 amide bonds. The molecule has 2 heterocycles. The first-order valence-electron chi connectivity index (χ1n) is 10.9. The fourth-order valence-electron chi connectivity index (χ4n) is 4.85. The molecule has 1 aromatic heterocycles. The molecule has 0 bridgehead atoms. The van der Waals surface area contributed by atoms with Gasteiger partial charge in [-0.25, -0.2) is 0 Å². The summed E-state index contributed by atoms with van der Waals surface area (Å²) in [6.07, 6.45) is 0. The second-order valence-electron chi connectivity index (χ2n) is 8.76. The Bertz CT molecular complexity index is 1350. The van der Waals surface area contributed by atoms with Crippen molar-refractivity contribution in [3.05, 3.63) is 118 Å². The lowest BCUT2D eigenvalue weighted by Crippen LogP contribution is -2.39. The number of benzene rings is 3. The predicted octanol–water partition coefficient (Wildman–Crippen LogP) is 5.77. The highest BCUT2D eigenvalue weighted by atomic mass is 16.3. The summed E-state index contributed by atoms with van der Waals surface area (Å²) in [6.45, 7) is 6.00. The summed E-state index contributed by atoms with van der Waals surface area (Å²) in [5.74, 6) is -0.608. The summed E-state index contributed by atoms with van der Waals surface area (Å²) in [5, 5.41) is 15.7. The van der Waals surface area contributed by atoms with Crippen molar-refractivity contribution in [2.45, 2.75) is 32.2 Å². The monoisotopic (exact) mass is 422 g/mol. The summed E-state index contributed by atoms with van der Waals surface area (Å²) in [7, 11) is 0. The molecule has 4 nitrogen and oxygen atoms in total. The van der Waals surface area contributed by atoms with E-state index in [-0.39, 0.29) is 11.7 Å². The van der Waals surface area contributed by atoms with Crippen molar-refractivity contribution in [3.63, 3.8) is 0 Å². The first-order valence-corrected chi connectivity index (χ1v) is 10.9. The minimum Gasteiger partial charge on any atom is -0.509 e. The Hall–Kier alpha value is -3.79. The number of carbonyl (C=O) groups is 1. The van der Waals surface area contributed by atoms with E-state index in [1.807, 2.05) is 67.6 Å². The number of hydrogen-bond acceptors (Lipinski definition) is 2. The van der Waals surface area contributed by atoms with E-state index in [4.69, 9.17) is 0 Å². The van der Waals surface area contributed by atoms with Gasteiger partial charge in [0, 0.05) is 16.6 Å². The third kappa shape index (κ3) is 3.02. The molecule has 5 rings (SSSR count). The van der Waals surface area contributed by atoms with Crippen LogP contribution in [0, 0.1) is 13.8 Å². The van der Waals surface area contributed by atoms with Crippen LogP contribution in [0.1, 0.15) is 40.8 Å². The molecule has 0 spiro atoms. The van der Waals surface area contributed by atoms with Crippen molar-refractivity contribution < 1.29 is 9.90 Å². The second kappa shape index (κ2) is 7.41. The summed E-state index contributed by atoms with van der Waals surface area (Å²) >= 11 is 0. The van der Waals surface area contributed by atoms with Crippen LogP contribution in [0.15, 0.2) is 90.2 Å². The number of carbonyl (C=O) groups excluding carboxylic acids is 1. The predicted molar refractivity (Wildman–Crippen MR) is 128 cm³/mol. The van der Waals surface area contributed by atoms with Gasteiger partial charge in [-0.1, -0.05) is 72.3 Å². The molecule has 0 saturated heterocycles. The molecule has 3 aromatic carbocycles. The molecular weight excluding hydrogens is 396 g/mol. The van der Waals surface area contributed by atoms with E-state index >= 15 is 0 Å². The van der Waals surface area contributed by atoms with E-state index in [1.165, 1.54) is 5.56 Å². The van der Waals surface area contributed by atoms with Crippen LogP contribution in [0.5, 0.6) is 0 Å². The molecule has 32 heavy (non-hydrogen) atoms. The van der Waals surface area contributed by atoms with Crippen LogP contribution in [-0.4, -0.2) is 16.0 Å². The van der Waals surface area contributed by atoms with Crippen LogP contribution in [-0.2, 0) is 10.3 Å². The van der Waals surface area contributed by atoms with Crippen LogP contribution < -0.4 is 5.32 Å². The summed E-state index contributed by atoms with van der Waals surface area (Å²) in [4.78, 5) is 16.9. The molecule has 1 aliphatic rings. The fourth-order valence-corrected chi connectivity index (χ4v) is 4.85. The third-order valence-corrected chi connectivity index (χ3v) is 6.65. The van der Waals surface area contributed by atoms with Gasteiger partial charge in [0.2, 0.25) is 0 Å². The summed E-state index contributed by atoms with van der Waals surface area (Å²) < 4.78 is 0. The van der Waals surface area contributed by atoms with Gasteiger partial charge in [-0.3, -0.25) is 4.79 Å². The molecule has 0 saturated carbocycles. The quantitative estimate of drug-likeness (QED) is 0.391. The van der Waals surface area contributed by atoms with E-state index in [1.54, 1.807) is 0 Å². The lowest BCUT2D eigenvalue weighted by atomic mass is 9.83. The minimum absolute atomic E-state index is 0.0665. The molecule has 2 unspecified atom stereocenters. The number of hydrogen-bond donors (Lipinski definition) is 3. The van der Waals surface area contributed by atoms with Crippen LogP contribution in [0.3, 0.4) is 0 Å². The Morgan fingerprint density at radius 2 is 1.56 bits per heavy atom. The zero-order valence-electron chi connectivity index (χ0n) is 18.4. The number of rotatable bonds is 4. The van der Waals surface area contributed by atoms with E-state index in [2.05, 4.69) is 42.3 Å². The Morgan fingerprint density at radius 3 is 2.25 bits per heavy atom. The molecule has 160 valence electrons. The molecule has 1 aliphatic heterocycles. The molecule has 3 N–H and O–H groups in total. The zero-order valence-corrected chi connectivity index (χ0v) is 18.4. The lowest BCUT2D eigenvalue weighted by Gasteiger charge is -2.25. The Labute approximate surface area is 187 Å². The van der Waals surface area contributed by atoms with E-state index < -0.39 is 11.5 Å². The molecule has 0 aliphatic carbocycles. The fraction of sp³-hybridized carbons (Fsp3) is 0.179. The average molecular weight is 423 g/mol. The maximum absolute atomic E-state index is 13.4. The van der Waals surface area contributed by atoms with Crippen molar-refractivity contribution in [2.75, 3.05) is 0 Å². The van der Waals surface area contributed by atoms with Gasteiger partial charge >= 0.3 is 0 Å². The number of nitrogens with one attached hydrogen (secondary N) is 2. The van der Waals surface area contributed by atoms with Crippen molar-refractivity contribution in [1.29, 1.82) is 0 Å².